The van der Waals surface area contributed by atoms with Gasteiger partial charge in [0.15, 0.2) is 0 Å². The zero-order chi connectivity index (χ0) is 11.4. The molecule has 0 saturated carbocycles. The highest BCUT2D eigenvalue weighted by Crippen LogP contribution is 2.08. The lowest BCUT2D eigenvalue weighted by Gasteiger charge is -2.15. The van der Waals surface area contributed by atoms with E-state index in [4.69, 9.17) is 5.11 Å². The van der Waals surface area contributed by atoms with Crippen LogP contribution in [0.3, 0.4) is 0 Å². The highest BCUT2D eigenvalue weighted by molar-refractivity contribution is 7.99. The van der Waals surface area contributed by atoms with E-state index >= 15 is 0 Å². The predicted octanol–water partition coefficient (Wildman–Crippen LogP) is 2.66. The molecule has 1 atom stereocenters. The smallest absolute Gasteiger partial charge is 0.0584 e. The van der Waals surface area contributed by atoms with Crippen molar-refractivity contribution in [2.75, 3.05) is 24.7 Å². The van der Waals surface area contributed by atoms with Crippen LogP contribution in [0.4, 0.5) is 0 Å². The van der Waals surface area contributed by atoms with Crippen molar-refractivity contribution in [1.82, 2.24) is 5.32 Å². The van der Waals surface area contributed by atoms with Crippen molar-refractivity contribution < 1.29 is 5.11 Å². The molecule has 0 aliphatic carbocycles. The van der Waals surface area contributed by atoms with E-state index in [1.54, 1.807) is 0 Å². The molecule has 0 bridgehead atoms. The first-order valence-corrected chi connectivity index (χ1v) is 7.42. The first-order chi connectivity index (χ1) is 7.35. The molecule has 92 valence electrons. The van der Waals surface area contributed by atoms with Gasteiger partial charge in [0.1, 0.15) is 0 Å². The molecule has 0 aromatic heterocycles. The second-order valence-electron chi connectivity index (χ2n) is 3.94. The summed E-state index contributed by atoms with van der Waals surface area (Å²) in [5.74, 6) is 2.45. The summed E-state index contributed by atoms with van der Waals surface area (Å²) in [4.78, 5) is 0. The minimum atomic E-state index is 0.273. The molecule has 0 amide bonds. The third kappa shape index (κ3) is 10.6. The third-order valence-electron chi connectivity index (χ3n) is 2.41. The van der Waals surface area contributed by atoms with E-state index in [1.807, 2.05) is 11.8 Å². The molecule has 0 rings (SSSR count). The van der Waals surface area contributed by atoms with Crippen LogP contribution >= 0.6 is 11.8 Å². The van der Waals surface area contributed by atoms with Gasteiger partial charge in [0, 0.05) is 6.04 Å². The van der Waals surface area contributed by atoms with Crippen molar-refractivity contribution in [2.45, 2.75) is 52.0 Å². The van der Waals surface area contributed by atoms with Crippen molar-refractivity contribution in [2.24, 2.45) is 0 Å². The molecule has 0 fully saturated rings. The van der Waals surface area contributed by atoms with Crippen LogP contribution in [0.25, 0.3) is 0 Å². The van der Waals surface area contributed by atoms with E-state index in [0.717, 1.165) is 19.4 Å². The van der Waals surface area contributed by atoms with Gasteiger partial charge in [-0.2, -0.15) is 11.8 Å². The molecule has 2 nitrogen and oxygen atoms in total. The maximum Gasteiger partial charge on any atom is 0.0584 e. The van der Waals surface area contributed by atoms with Crippen LogP contribution in [0.15, 0.2) is 0 Å². The zero-order valence-electron chi connectivity index (χ0n) is 10.3. The molecule has 0 heterocycles. The number of thioether (sulfide) groups is 1. The maximum absolute atomic E-state index is 9.12. The quantitative estimate of drug-likeness (QED) is 0.538. The molecule has 0 spiro atoms. The minimum Gasteiger partial charge on any atom is -0.395 e. The number of nitrogens with one attached hydrogen (secondary N) is 1. The largest absolute Gasteiger partial charge is 0.395 e. The Morgan fingerprint density at radius 3 is 2.53 bits per heavy atom. The standard InChI is InChI=1S/C12H27NOS/c1-3-5-6-9-15-10-7-12(11-14)13-8-4-2/h12-14H,3-11H2,1-2H3. The summed E-state index contributed by atoms with van der Waals surface area (Å²) in [6, 6.07) is 0.309. The Kier molecular flexibility index (Phi) is 12.6. The van der Waals surface area contributed by atoms with E-state index in [0.29, 0.717) is 6.04 Å². The van der Waals surface area contributed by atoms with Crippen LogP contribution < -0.4 is 5.32 Å². The normalized spacial score (nSPS) is 13.0. The van der Waals surface area contributed by atoms with Crippen molar-refractivity contribution in [3.05, 3.63) is 0 Å². The third-order valence-corrected chi connectivity index (χ3v) is 3.51. The monoisotopic (exact) mass is 233 g/mol. The highest BCUT2D eigenvalue weighted by Gasteiger charge is 2.04. The Labute approximate surface area is 99.2 Å². The fraction of sp³-hybridized carbons (Fsp3) is 1.00. The van der Waals surface area contributed by atoms with E-state index in [1.165, 1.54) is 30.8 Å². The van der Waals surface area contributed by atoms with Gasteiger partial charge in [-0.1, -0.05) is 26.7 Å². The molecule has 1 unspecified atom stereocenters. The van der Waals surface area contributed by atoms with Gasteiger partial charge in [-0.3, -0.25) is 0 Å². The van der Waals surface area contributed by atoms with Gasteiger partial charge in [-0.15, -0.1) is 0 Å². The molecular formula is C12H27NOS. The Hall–Kier alpha value is 0.270. The number of unbranched alkanes of at least 4 members (excludes halogenated alkanes) is 2. The average molecular weight is 233 g/mol. The fourth-order valence-corrected chi connectivity index (χ4v) is 2.45. The second kappa shape index (κ2) is 12.3. The Bertz CT molecular complexity index is 122. The second-order valence-corrected chi connectivity index (χ2v) is 5.17. The highest BCUT2D eigenvalue weighted by atomic mass is 32.2. The number of hydrogen-bond donors (Lipinski definition) is 2. The van der Waals surface area contributed by atoms with E-state index < -0.39 is 0 Å². The summed E-state index contributed by atoms with van der Waals surface area (Å²) in [5, 5.41) is 12.5. The lowest BCUT2D eigenvalue weighted by Crippen LogP contribution is -2.33. The van der Waals surface area contributed by atoms with Gasteiger partial charge >= 0.3 is 0 Å². The van der Waals surface area contributed by atoms with Crippen molar-refractivity contribution >= 4 is 11.8 Å². The number of aliphatic hydroxyl groups excluding tert-OH is 1. The van der Waals surface area contributed by atoms with Gasteiger partial charge in [0.05, 0.1) is 6.61 Å². The first kappa shape index (κ1) is 15.3. The van der Waals surface area contributed by atoms with Crippen molar-refractivity contribution in [3.63, 3.8) is 0 Å². The van der Waals surface area contributed by atoms with Gasteiger partial charge in [0.2, 0.25) is 0 Å². The van der Waals surface area contributed by atoms with Crippen LogP contribution in [0.5, 0.6) is 0 Å². The predicted molar refractivity (Wildman–Crippen MR) is 70.6 cm³/mol. The Morgan fingerprint density at radius 1 is 1.13 bits per heavy atom. The van der Waals surface area contributed by atoms with Crippen molar-refractivity contribution in [1.29, 1.82) is 0 Å². The maximum atomic E-state index is 9.12. The molecule has 3 heteroatoms. The Morgan fingerprint density at radius 2 is 1.93 bits per heavy atom. The van der Waals surface area contributed by atoms with Gasteiger partial charge in [0.25, 0.3) is 0 Å². The number of rotatable bonds is 11. The zero-order valence-corrected chi connectivity index (χ0v) is 11.1. The molecule has 0 saturated heterocycles. The fourth-order valence-electron chi connectivity index (χ4n) is 1.39. The topological polar surface area (TPSA) is 32.3 Å². The molecular weight excluding hydrogens is 206 g/mol. The molecule has 2 N–H and O–H groups in total. The van der Waals surface area contributed by atoms with Crippen LogP contribution in [0.1, 0.15) is 46.0 Å². The summed E-state index contributed by atoms with van der Waals surface area (Å²) < 4.78 is 0. The molecule has 15 heavy (non-hydrogen) atoms. The molecule has 0 radical (unpaired) electrons. The van der Waals surface area contributed by atoms with Crippen LogP contribution in [0.2, 0.25) is 0 Å². The van der Waals surface area contributed by atoms with Gasteiger partial charge in [-0.25, -0.2) is 0 Å². The molecule has 0 aromatic rings. The number of hydrogen-bond acceptors (Lipinski definition) is 3. The summed E-state index contributed by atoms with van der Waals surface area (Å²) in [6.45, 7) is 5.68. The number of aliphatic hydroxyl groups is 1. The molecule has 0 aliphatic rings. The summed E-state index contributed by atoms with van der Waals surface area (Å²) in [6.07, 6.45) is 6.23. The lowest BCUT2D eigenvalue weighted by molar-refractivity contribution is 0.240. The molecule has 0 aromatic carbocycles. The minimum absolute atomic E-state index is 0.273. The summed E-state index contributed by atoms with van der Waals surface area (Å²) in [7, 11) is 0. The van der Waals surface area contributed by atoms with E-state index in [2.05, 4.69) is 19.2 Å². The first-order valence-electron chi connectivity index (χ1n) is 6.27. The van der Waals surface area contributed by atoms with Crippen LogP contribution in [0, 0.1) is 0 Å². The lowest BCUT2D eigenvalue weighted by atomic mass is 10.2. The van der Waals surface area contributed by atoms with Crippen LogP contribution in [-0.2, 0) is 0 Å². The van der Waals surface area contributed by atoms with Gasteiger partial charge < -0.3 is 10.4 Å². The summed E-state index contributed by atoms with van der Waals surface area (Å²) >= 11 is 2.02. The van der Waals surface area contributed by atoms with Gasteiger partial charge in [-0.05, 0) is 37.3 Å². The SMILES string of the molecule is CCCCCSCCC(CO)NCCC. The van der Waals surface area contributed by atoms with Crippen molar-refractivity contribution in [3.8, 4) is 0 Å². The van der Waals surface area contributed by atoms with E-state index in [-0.39, 0.29) is 6.61 Å². The molecule has 0 aliphatic heterocycles. The average Bonchev–Trinajstić information content (AvgIpc) is 2.27. The Balaban J connectivity index is 3.22. The van der Waals surface area contributed by atoms with Crippen LogP contribution in [-0.4, -0.2) is 35.8 Å². The summed E-state index contributed by atoms with van der Waals surface area (Å²) in [5.41, 5.74) is 0. The van der Waals surface area contributed by atoms with E-state index in [9.17, 15) is 0 Å².